The molecule has 2 aromatic rings. The third kappa shape index (κ3) is 3.88. The first-order valence-corrected chi connectivity index (χ1v) is 9.52. The fraction of sp³-hybridized carbons (Fsp3) is 0.409. The Morgan fingerprint density at radius 2 is 1.76 bits per heavy atom. The number of nitriles is 1. The van der Waals surface area contributed by atoms with Gasteiger partial charge in [0.05, 0.1) is 36.0 Å². The van der Waals surface area contributed by atoms with E-state index in [1.165, 1.54) is 12.1 Å². The van der Waals surface area contributed by atoms with Crippen LogP contribution in [0.1, 0.15) is 35.1 Å². The Morgan fingerprint density at radius 1 is 1.10 bits per heavy atom. The standard InChI is InChI=1S/C22H21F3N2O2/c23-22(24,25)20-8-16(11-26)6-7-19(20)21(28)9-17-13-29-14-18(10-21)27(17)12-15-4-2-1-3-5-15/h1-8,17-18,28H,9-10,12-14H2. The van der Waals surface area contributed by atoms with E-state index >= 15 is 0 Å². The third-order valence-electron chi connectivity index (χ3n) is 5.87. The zero-order valence-corrected chi connectivity index (χ0v) is 15.7. The minimum atomic E-state index is -4.65. The van der Waals surface area contributed by atoms with Crippen LogP contribution in [0.5, 0.6) is 0 Å². The molecule has 152 valence electrons. The second-order valence-corrected chi connectivity index (χ2v) is 7.81. The van der Waals surface area contributed by atoms with Gasteiger partial charge in [0, 0.05) is 18.6 Å². The molecule has 2 saturated heterocycles. The van der Waals surface area contributed by atoms with Crippen LogP contribution in [0.3, 0.4) is 0 Å². The minimum Gasteiger partial charge on any atom is -0.385 e. The Morgan fingerprint density at radius 3 is 2.34 bits per heavy atom. The van der Waals surface area contributed by atoms with Crippen molar-refractivity contribution >= 4 is 0 Å². The number of nitrogens with zero attached hydrogens (tertiary/aromatic N) is 2. The van der Waals surface area contributed by atoms with Crippen molar-refractivity contribution in [2.24, 2.45) is 0 Å². The number of halogens is 3. The van der Waals surface area contributed by atoms with Crippen LogP contribution in [0.15, 0.2) is 48.5 Å². The number of hydrogen-bond donors (Lipinski definition) is 1. The van der Waals surface area contributed by atoms with Crippen LogP contribution in [0, 0.1) is 11.3 Å². The zero-order chi connectivity index (χ0) is 20.6. The van der Waals surface area contributed by atoms with E-state index in [0.29, 0.717) is 19.8 Å². The van der Waals surface area contributed by atoms with Gasteiger partial charge in [-0.1, -0.05) is 36.4 Å². The molecule has 0 amide bonds. The first-order chi connectivity index (χ1) is 13.8. The Hall–Kier alpha value is -2.40. The number of aliphatic hydroxyl groups is 1. The smallest absolute Gasteiger partial charge is 0.385 e. The van der Waals surface area contributed by atoms with Crippen LogP contribution >= 0.6 is 0 Å². The van der Waals surface area contributed by atoms with E-state index in [0.717, 1.165) is 11.6 Å². The van der Waals surface area contributed by atoms with Crippen molar-refractivity contribution < 1.29 is 23.0 Å². The molecule has 0 aromatic heterocycles. The van der Waals surface area contributed by atoms with Gasteiger partial charge >= 0.3 is 6.18 Å². The van der Waals surface area contributed by atoms with Gasteiger partial charge in [-0.2, -0.15) is 18.4 Å². The van der Waals surface area contributed by atoms with Crippen molar-refractivity contribution in [2.45, 2.75) is 43.2 Å². The maximum Gasteiger partial charge on any atom is 0.416 e. The highest BCUT2D eigenvalue weighted by Crippen LogP contribution is 2.46. The van der Waals surface area contributed by atoms with Crippen LogP contribution in [0.2, 0.25) is 0 Å². The third-order valence-corrected chi connectivity index (χ3v) is 5.87. The maximum absolute atomic E-state index is 13.7. The van der Waals surface area contributed by atoms with Crippen molar-refractivity contribution in [2.75, 3.05) is 13.2 Å². The molecule has 0 aliphatic carbocycles. The Kier molecular flexibility index (Phi) is 5.11. The monoisotopic (exact) mass is 402 g/mol. The van der Waals surface area contributed by atoms with Gasteiger partial charge in [0.25, 0.3) is 0 Å². The predicted octanol–water partition coefficient (Wildman–Crippen LogP) is 3.83. The summed E-state index contributed by atoms with van der Waals surface area (Å²) in [5.74, 6) is 0. The Labute approximate surface area is 167 Å². The summed E-state index contributed by atoms with van der Waals surface area (Å²) in [6.45, 7) is 1.39. The summed E-state index contributed by atoms with van der Waals surface area (Å²) in [7, 11) is 0. The second kappa shape index (κ2) is 7.45. The van der Waals surface area contributed by atoms with E-state index in [1.54, 1.807) is 6.07 Å². The molecular weight excluding hydrogens is 381 g/mol. The second-order valence-electron chi connectivity index (χ2n) is 7.81. The van der Waals surface area contributed by atoms with E-state index in [1.807, 2.05) is 30.3 Å². The first kappa shape index (κ1) is 19.9. The summed E-state index contributed by atoms with van der Waals surface area (Å²) in [6, 6.07) is 14.7. The highest BCUT2D eigenvalue weighted by atomic mass is 19.4. The van der Waals surface area contributed by atoms with Gasteiger partial charge in [-0.05, 0) is 36.1 Å². The molecule has 4 nitrogen and oxygen atoms in total. The van der Waals surface area contributed by atoms with E-state index < -0.39 is 17.3 Å². The Balaban J connectivity index is 1.67. The molecule has 2 bridgehead atoms. The first-order valence-electron chi connectivity index (χ1n) is 9.52. The Bertz CT molecular complexity index is 910. The van der Waals surface area contributed by atoms with Crippen LogP contribution in [-0.4, -0.2) is 35.3 Å². The average molecular weight is 402 g/mol. The number of benzene rings is 2. The van der Waals surface area contributed by atoms with E-state index in [9.17, 15) is 18.3 Å². The number of fused-ring (bicyclic) bond motifs is 2. The molecule has 29 heavy (non-hydrogen) atoms. The van der Waals surface area contributed by atoms with Crippen molar-refractivity contribution in [1.82, 2.24) is 4.90 Å². The zero-order valence-electron chi connectivity index (χ0n) is 15.7. The molecule has 2 atom stereocenters. The number of hydrogen-bond acceptors (Lipinski definition) is 4. The lowest BCUT2D eigenvalue weighted by Gasteiger charge is -2.52. The molecule has 7 heteroatoms. The summed E-state index contributed by atoms with van der Waals surface area (Å²) in [6.07, 6.45) is -4.36. The molecule has 4 rings (SSSR count). The molecule has 2 heterocycles. The molecule has 2 fully saturated rings. The molecule has 2 aromatic carbocycles. The van der Waals surface area contributed by atoms with Gasteiger partial charge in [0.1, 0.15) is 0 Å². The predicted molar refractivity (Wildman–Crippen MR) is 99.7 cm³/mol. The number of alkyl halides is 3. The van der Waals surface area contributed by atoms with Gasteiger partial charge in [-0.3, -0.25) is 4.90 Å². The summed E-state index contributed by atoms with van der Waals surface area (Å²) >= 11 is 0. The topological polar surface area (TPSA) is 56.5 Å². The van der Waals surface area contributed by atoms with Gasteiger partial charge < -0.3 is 9.84 Å². The molecule has 1 N–H and O–H groups in total. The molecule has 2 aliphatic rings. The molecular formula is C22H21F3N2O2. The van der Waals surface area contributed by atoms with Crippen LogP contribution in [0.25, 0.3) is 0 Å². The quantitative estimate of drug-likeness (QED) is 0.848. The van der Waals surface area contributed by atoms with Crippen LogP contribution in [0.4, 0.5) is 13.2 Å². The van der Waals surface area contributed by atoms with Gasteiger partial charge in [0.15, 0.2) is 0 Å². The summed E-state index contributed by atoms with van der Waals surface area (Å²) in [5, 5.41) is 20.4. The minimum absolute atomic E-state index is 0.0743. The maximum atomic E-state index is 13.7. The van der Waals surface area contributed by atoms with E-state index in [2.05, 4.69) is 4.90 Å². The number of ether oxygens (including phenoxy) is 1. The normalized spacial score (nSPS) is 27.4. The van der Waals surface area contributed by atoms with Crippen molar-refractivity contribution in [3.05, 3.63) is 70.8 Å². The summed E-state index contributed by atoms with van der Waals surface area (Å²) in [4.78, 5) is 2.23. The highest BCUT2D eigenvalue weighted by Gasteiger charge is 2.50. The fourth-order valence-electron chi connectivity index (χ4n) is 4.57. The van der Waals surface area contributed by atoms with Crippen molar-refractivity contribution in [3.63, 3.8) is 0 Å². The van der Waals surface area contributed by atoms with Crippen molar-refractivity contribution in [1.29, 1.82) is 5.26 Å². The lowest BCUT2D eigenvalue weighted by Crippen LogP contribution is -2.60. The SMILES string of the molecule is N#Cc1ccc(C2(O)CC3COCC(C2)N3Cc2ccccc2)c(C(F)(F)F)c1. The number of piperidine rings is 1. The molecule has 2 aliphatic heterocycles. The molecule has 0 radical (unpaired) electrons. The van der Waals surface area contributed by atoms with Gasteiger partial charge in [-0.15, -0.1) is 0 Å². The number of morpholine rings is 1. The molecule has 0 saturated carbocycles. The van der Waals surface area contributed by atoms with Gasteiger partial charge in [-0.25, -0.2) is 0 Å². The van der Waals surface area contributed by atoms with Crippen LogP contribution < -0.4 is 0 Å². The van der Waals surface area contributed by atoms with Crippen molar-refractivity contribution in [3.8, 4) is 6.07 Å². The average Bonchev–Trinajstić information content (AvgIpc) is 2.68. The highest BCUT2D eigenvalue weighted by molar-refractivity contribution is 5.43. The largest absolute Gasteiger partial charge is 0.416 e. The lowest BCUT2D eigenvalue weighted by atomic mass is 9.75. The van der Waals surface area contributed by atoms with Crippen LogP contribution in [-0.2, 0) is 23.1 Å². The molecule has 0 spiro atoms. The fourth-order valence-corrected chi connectivity index (χ4v) is 4.57. The van der Waals surface area contributed by atoms with Gasteiger partial charge in [0.2, 0.25) is 0 Å². The summed E-state index contributed by atoms with van der Waals surface area (Å²) in [5.41, 5.74) is -1.67. The molecule has 2 unspecified atom stereocenters. The van der Waals surface area contributed by atoms with E-state index in [-0.39, 0.29) is 36.1 Å². The summed E-state index contributed by atoms with van der Waals surface area (Å²) < 4.78 is 46.7. The van der Waals surface area contributed by atoms with E-state index in [4.69, 9.17) is 10.00 Å². The number of rotatable bonds is 3. The lowest BCUT2D eigenvalue weighted by molar-refractivity contribution is -0.160.